The summed E-state index contributed by atoms with van der Waals surface area (Å²) in [7, 11) is 2.11. The highest BCUT2D eigenvalue weighted by molar-refractivity contribution is 5.67. The number of carboxylic acids is 1. The summed E-state index contributed by atoms with van der Waals surface area (Å²) in [6, 6.07) is 0. The molecule has 3 nitrogen and oxygen atoms in total. The molecule has 3 heteroatoms. The molecule has 1 aliphatic heterocycles. The summed E-state index contributed by atoms with van der Waals surface area (Å²) in [4.78, 5) is 13.2. The molecule has 1 heterocycles. The van der Waals surface area contributed by atoms with Crippen molar-refractivity contribution < 1.29 is 9.90 Å². The third-order valence-electron chi connectivity index (χ3n) is 3.42. The molecule has 15 heavy (non-hydrogen) atoms. The van der Waals surface area contributed by atoms with Gasteiger partial charge in [-0.1, -0.05) is 13.8 Å². The quantitative estimate of drug-likeness (QED) is 0.778. The average molecular weight is 213 g/mol. The Hall–Kier alpha value is -0.570. The van der Waals surface area contributed by atoms with Crippen LogP contribution in [0.25, 0.3) is 0 Å². The molecule has 1 fully saturated rings. The van der Waals surface area contributed by atoms with Gasteiger partial charge in [0, 0.05) is 0 Å². The molecule has 0 amide bonds. The standard InChI is InChI=1S/C12H23NO2/c1-10(2)8-12(9-11(14)15)4-6-13(3)7-5-12/h10H,4-9H2,1-3H3,(H,14,15). The van der Waals surface area contributed by atoms with E-state index in [1.165, 1.54) is 0 Å². The van der Waals surface area contributed by atoms with Crippen molar-refractivity contribution in [3.05, 3.63) is 0 Å². The highest BCUT2D eigenvalue weighted by Gasteiger charge is 2.36. The van der Waals surface area contributed by atoms with E-state index in [9.17, 15) is 4.79 Å². The Morgan fingerprint density at radius 3 is 2.33 bits per heavy atom. The van der Waals surface area contributed by atoms with Gasteiger partial charge in [0.15, 0.2) is 0 Å². The fourth-order valence-electron chi connectivity index (χ4n) is 2.73. The first-order valence-electron chi connectivity index (χ1n) is 5.84. The Morgan fingerprint density at radius 1 is 1.40 bits per heavy atom. The SMILES string of the molecule is CC(C)CC1(CC(=O)O)CCN(C)CC1. The van der Waals surface area contributed by atoms with Crippen LogP contribution in [0.3, 0.4) is 0 Å². The van der Waals surface area contributed by atoms with Crippen molar-refractivity contribution in [2.24, 2.45) is 11.3 Å². The van der Waals surface area contributed by atoms with Crippen LogP contribution in [0.15, 0.2) is 0 Å². The molecule has 0 aliphatic carbocycles. The molecule has 0 bridgehead atoms. The van der Waals surface area contributed by atoms with Gasteiger partial charge in [0.25, 0.3) is 0 Å². The molecule has 1 N–H and O–H groups in total. The molecule has 1 saturated heterocycles. The predicted molar refractivity (Wildman–Crippen MR) is 60.9 cm³/mol. The van der Waals surface area contributed by atoms with Crippen LogP contribution >= 0.6 is 0 Å². The van der Waals surface area contributed by atoms with Gasteiger partial charge in [0.05, 0.1) is 6.42 Å². The lowest BCUT2D eigenvalue weighted by molar-refractivity contribution is -0.141. The molecule has 0 aromatic rings. The summed E-state index contributed by atoms with van der Waals surface area (Å²) in [6.45, 7) is 6.45. The van der Waals surface area contributed by atoms with E-state index in [1.807, 2.05) is 0 Å². The van der Waals surface area contributed by atoms with Crippen molar-refractivity contribution in [2.75, 3.05) is 20.1 Å². The lowest BCUT2D eigenvalue weighted by Crippen LogP contribution is -2.40. The van der Waals surface area contributed by atoms with Gasteiger partial charge < -0.3 is 10.0 Å². The second-order valence-corrected chi connectivity index (χ2v) is 5.47. The molecule has 0 atom stereocenters. The summed E-state index contributed by atoms with van der Waals surface area (Å²) in [5, 5.41) is 9.00. The van der Waals surface area contributed by atoms with Crippen LogP contribution in [0, 0.1) is 11.3 Å². The number of aliphatic carboxylic acids is 1. The number of hydrogen-bond acceptors (Lipinski definition) is 2. The number of carboxylic acid groups (broad SMARTS) is 1. The van der Waals surface area contributed by atoms with Gasteiger partial charge in [-0.2, -0.15) is 0 Å². The lowest BCUT2D eigenvalue weighted by atomic mass is 9.70. The van der Waals surface area contributed by atoms with Gasteiger partial charge in [-0.15, -0.1) is 0 Å². The number of likely N-dealkylation sites (tertiary alicyclic amines) is 1. The molecule has 1 rings (SSSR count). The summed E-state index contributed by atoms with van der Waals surface area (Å²) in [5.41, 5.74) is 0.0620. The maximum absolute atomic E-state index is 10.9. The third-order valence-corrected chi connectivity index (χ3v) is 3.42. The van der Waals surface area contributed by atoms with Crippen LogP contribution in [0.5, 0.6) is 0 Å². The van der Waals surface area contributed by atoms with Crippen molar-refractivity contribution in [1.82, 2.24) is 4.90 Å². The van der Waals surface area contributed by atoms with E-state index < -0.39 is 5.97 Å². The molecule has 0 aromatic carbocycles. The minimum Gasteiger partial charge on any atom is -0.481 e. The van der Waals surface area contributed by atoms with Crippen molar-refractivity contribution in [1.29, 1.82) is 0 Å². The van der Waals surface area contributed by atoms with Crippen molar-refractivity contribution in [2.45, 2.75) is 39.5 Å². The van der Waals surface area contributed by atoms with Crippen molar-refractivity contribution in [3.63, 3.8) is 0 Å². The summed E-state index contributed by atoms with van der Waals surface area (Å²) in [5.74, 6) is -0.0482. The third kappa shape index (κ3) is 3.82. The Balaban J connectivity index is 2.64. The molecule has 0 aromatic heterocycles. The highest BCUT2D eigenvalue weighted by atomic mass is 16.4. The van der Waals surface area contributed by atoms with Gasteiger partial charge in [0.1, 0.15) is 0 Å². The minimum absolute atomic E-state index is 0.0620. The highest BCUT2D eigenvalue weighted by Crippen LogP contribution is 2.40. The number of hydrogen-bond donors (Lipinski definition) is 1. The van der Waals surface area contributed by atoms with Crippen molar-refractivity contribution in [3.8, 4) is 0 Å². The van der Waals surface area contributed by atoms with Gasteiger partial charge in [0.2, 0.25) is 0 Å². The van der Waals surface area contributed by atoms with E-state index in [0.717, 1.165) is 32.4 Å². The zero-order valence-electron chi connectivity index (χ0n) is 10.1. The summed E-state index contributed by atoms with van der Waals surface area (Å²) in [6.07, 6.45) is 3.47. The van der Waals surface area contributed by atoms with Crippen LogP contribution < -0.4 is 0 Å². The number of piperidine rings is 1. The molecule has 1 aliphatic rings. The van der Waals surface area contributed by atoms with Crippen LogP contribution in [-0.4, -0.2) is 36.1 Å². The Labute approximate surface area is 92.5 Å². The van der Waals surface area contributed by atoms with Crippen LogP contribution in [0.1, 0.15) is 39.5 Å². The monoisotopic (exact) mass is 213 g/mol. The molecular weight excluding hydrogens is 190 g/mol. The minimum atomic E-state index is -0.639. The summed E-state index contributed by atoms with van der Waals surface area (Å²) >= 11 is 0. The molecular formula is C12H23NO2. The van der Waals surface area contributed by atoms with E-state index in [4.69, 9.17) is 5.11 Å². The zero-order valence-corrected chi connectivity index (χ0v) is 10.1. The van der Waals surface area contributed by atoms with Gasteiger partial charge in [-0.05, 0) is 50.7 Å². The first kappa shape index (κ1) is 12.5. The first-order chi connectivity index (χ1) is 6.93. The fourth-order valence-corrected chi connectivity index (χ4v) is 2.73. The van der Waals surface area contributed by atoms with Crippen LogP contribution in [0.2, 0.25) is 0 Å². The van der Waals surface area contributed by atoms with Gasteiger partial charge >= 0.3 is 5.97 Å². The predicted octanol–water partition coefficient (Wildman–Crippen LogP) is 2.22. The van der Waals surface area contributed by atoms with E-state index in [2.05, 4.69) is 25.8 Å². The van der Waals surface area contributed by atoms with Crippen molar-refractivity contribution >= 4 is 5.97 Å². The maximum atomic E-state index is 10.9. The Bertz CT molecular complexity index is 218. The second kappa shape index (κ2) is 4.97. The number of nitrogens with zero attached hydrogens (tertiary/aromatic N) is 1. The molecule has 0 spiro atoms. The Morgan fingerprint density at radius 2 is 1.93 bits per heavy atom. The Kier molecular flexibility index (Phi) is 4.14. The zero-order chi connectivity index (χ0) is 11.5. The number of rotatable bonds is 4. The van der Waals surface area contributed by atoms with E-state index >= 15 is 0 Å². The van der Waals surface area contributed by atoms with Gasteiger partial charge in [-0.3, -0.25) is 4.79 Å². The average Bonchev–Trinajstić information content (AvgIpc) is 2.08. The molecule has 0 radical (unpaired) electrons. The van der Waals surface area contributed by atoms with E-state index in [-0.39, 0.29) is 5.41 Å². The molecule has 88 valence electrons. The van der Waals surface area contributed by atoms with Crippen LogP contribution in [0.4, 0.5) is 0 Å². The lowest BCUT2D eigenvalue weighted by Gasteiger charge is -2.41. The number of carbonyl (C=O) groups is 1. The normalized spacial score (nSPS) is 21.9. The second-order valence-electron chi connectivity index (χ2n) is 5.47. The molecule has 0 unspecified atom stereocenters. The first-order valence-corrected chi connectivity index (χ1v) is 5.84. The van der Waals surface area contributed by atoms with Crippen LogP contribution in [-0.2, 0) is 4.79 Å². The van der Waals surface area contributed by atoms with E-state index in [1.54, 1.807) is 0 Å². The largest absolute Gasteiger partial charge is 0.481 e. The van der Waals surface area contributed by atoms with Gasteiger partial charge in [-0.25, -0.2) is 0 Å². The fraction of sp³-hybridized carbons (Fsp3) is 0.917. The summed E-state index contributed by atoms with van der Waals surface area (Å²) < 4.78 is 0. The maximum Gasteiger partial charge on any atom is 0.303 e. The van der Waals surface area contributed by atoms with E-state index in [0.29, 0.717) is 12.3 Å². The topological polar surface area (TPSA) is 40.5 Å². The smallest absolute Gasteiger partial charge is 0.303 e. The molecule has 0 saturated carbocycles.